The van der Waals surface area contributed by atoms with Crippen LogP contribution in [0.15, 0.2) is 0 Å². The van der Waals surface area contributed by atoms with Gasteiger partial charge in [0.2, 0.25) is 0 Å². The first kappa shape index (κ1) is 12.0. The quantitative estimate of drug-likeness (QED) is 0.606. The van der Waals surface area contributed by atoms with Gasteiger partial charge in [-0.1, -0.05) is 27.2 Å². The fourth-order valence-corrected chi connectivity index (χ4v) is 1.97. The predicted molar refractivity (Wildman–Crippen MR) is 56.6 cm³/mol. The van der Waals surface area contributed by atoms with Crippen molar-refractivity contribution in [1.29, 1.82) is 0 Å². The molecule has 0 spiro atoms. The lowest BCUT2D eigenvalue weighted by Crippen LogP contribution is -2.57. The average molecular weight is 201 g/mol. The Kier molecular flexibility index (Phi) is 3.93. The van der Waals surface area contributed by atoms with E-state index in [-0.39, 0.29) is 11.8 Å². The molecular weight excluding hydrogens is 178 g/mol. The summed E-state index contributed by atoms with van der Waals surface area (Å²) in [5.74, 6) is 0.359. The van der Waals surface area contributed by atoms with Crippen molar-refractivity contribution in [3.63, 3.8) is 0 Å². The van der Waals surface area contributed by atoms with Gasteiger partial charge in [-0.3, -0.25) is 5.32 Å². The number of hydrogen-bond donors (Lipinski definition) is 3. The second-order valence-electron chi connectivity index (χ2n) is 4.90. The van der Waals surface area contributed by atoms with E-state index in [2.05, 4.69) is 5.32 Å². The summed E-state index contributed by atoms with van der Waals surface area (Å²) in [7, 11) is 0. The zero-order valence-electron chi connectivity index (χ0n) is 9.45. The molecule has 3 heteroatoms. The van der Waals surface area contributed by atoms with Crippen LogP contribution in [0.1, 0.15) is 46.5 Å². The summed E-state index contributed by atoms with van der Waals surface area (Å²) in [5, 5.41) is 22.9. The highest BCUT2D eigenvalue weighted by Gasteiger charge is 2.37. The van der Waals surface area contributed by atoms with Crippen LogP contribution in [0.3, 0.4) is 0 Å². The topological polar surface area (TPSA) is 52.5 Å². The first-order valence-electron chi connectivity index (χ1n) is 5.64. The van der Waals surface area contributed by atoms with Crippen LogP contribution in [0.2, 0.25) is 0 Å². The number of rotatable bonds is 3. The van der Waals surface area contributed by atoms with Crippen LogP contribution in [0.4, 0.5) is 0 Å². The molecule has 3 atom stereocenters. The Balaban J connectivity index is 2.54. The fraction of sp³-hybridized carbons (Fsp3) is 1.00. The maximum absolute atomic E-state index is 10.3. The van der Waals surface area contributed by atoms with Gasteiger partial charge in [-0.15, -0.1) is 0 Å². The Bertz CT molecular complexity index is 184. The van der Waals surface area contributed by atoms with Gasteiger partial charge in [0.25, 0.3) is 0 Å². The van der Waals surface area contributed by atoms with E-state index in [9.17, 15) is 10.2 Å². The van der Waals surface area contributed by atoms with Gasteiger partial charge in [0.05, 0.1) is 0 Å². The fourth-order valence-electron chi connectivity index (χ4n) is 1.97. The molecule has 0 radical (unpaired) electrons. The van der Waals surface area contributed by atoms with Crippen LogP contribution in [0.25, 0.3) is 0 Å². The van der Waals surface area contributed by atoms with E-state index < -0.39 is 12.0 Å². The zero-order valence-corrected chi connectivity index (χ0v) is 9.45. The van der Waals surface area contributed by atoms with Crippen molar-refractivity contribution in [2.45, 2.75) is 58.4 Å². The molecule has 1 fully saturated rings. The minimum Gasteiger partial charge on any atom is -0.378 e. The molecule has 1 rings (SSSR count). The van der Waals surface area contributed by atoms with Crippen molar-refractivity contribution < 1.29 is 10.2 Å². The molecule has 84 valence electrons. The van der Waals surface area contributed by atoms with Crippen molar-refractivity contribution in [2.24, 2.45) is 11.8 Å². The Morgan fingerprint density at radius 2 is 2.00 bits per heavy atom. The van der Waals surface area contributed by atoms with Gasteiger partial charge in [0, 0.05) is 0 Å². The zero-order chi connectivity index (χ0) is 10.8. The van der Waals surface area contributed by atoms with Crippen molar-refractivity contribution >= 4 is 0 Å². The van der Waals surface area contributed by atoms with Crippen molar-refractivity contribution in [2.75, 3.05) is 0 Å². The normalized spacial score (nSPS) is 36.0. The van der Waals surface area contributed by atoms with E-state index in [4.69, 9.17) is 0 Å². The first-order valence-corrected chi connectivity index (χ1v) is 5.64. The molecule has 3 nitrogen and oxygen atoms in total. The van der Waals surface area contributed by atoms with Crippen LogP contribution in [0, 0.1) is 11.8 Å². The SMILES string of the molecule is CC(C)C(O)NC1(O)CCCCC1C. The molecule has 0 aromatic carbocycles. The Morgan fingerprint density at radius 1 is 1.36 bits per heavy atom. The number of hydrogen-bond acceptors (Lipinski definition) is 3. The highest BCUT2D eigenvalue weighted by molar-refractivity contribution is 4.86. The largest absolute Gasteiger partial charge is 0.378 e. The van der Waals surface area contributed by atoms with E-state index in [1.54, 1.807) is 0 Å². The summed E-state index contributed by atoms with van der Waals surface area (Å²) in [6.07, 6.45) is 3.40. The third-order valence-electron chi connectivity index (χ3n) is 3.29. The molecule has 0 aromatic heterocycles. The summed E-state index contributed by atoms with van der Waals surface area (Å²) in [4.78, 5) is 0. The third kappa shape index (κ3) is 2.69. The lowest BCUT2D eigenvalue weighted by molar-refractivity contribution is -0.112. The maximum atomic E-state index is 10.3. The third-order valence-corrected chi connectivity index (χ3v) is 3.29. The van der Waals surface area contributed by atoms with Crippen LogP contribution >= 0.6 is 0 Å². The van der Waals surface area contributed by atoms with Crippen molar-refractivity contribution in [3.8, 4) is 0 Å². The molecule has 0 amide bonds. The minimum absolute atomic E-state index is 0.133. The van der Waals surface area contributed by atoms with Gasteiger partial charge < -0.3 is 10.2 Å². The maximum Gasteiger partial charge on any atom is 0.120 e. The molecule has 3 N–H and O–H groups in total. The van der Waals surface area contributed by atoms with Gasteiger partial charge in [0.15, 0.2) is 0 Å². The van der Waals surface area contributed by atoms with Crippen molar-refractivity contribution in [3.05, 3.63) is 0 Å². The summed E-state index contributed by atoms with van der Waals surface area (Å²) in [6, 6.07) is 0. The Labute approximate surface area is 86.5 Å². The van der Waals surface area contributed by atoms with E-state index in [0.29, 0.717) is 0 Å². The molecule has 3 unspecified atom stereocenters. The van der Waals surface area contributed by atoms with E-state index in [0.717, 1.165) is 19.3 Å². The molecular formula is C11H23NO2. The highest BCUT2D eigenvalue weighted by atomic mass is 16.3. The highest BCUT2D eigenvalue weighted by Crippen LogP contribution is 2.31. The van der Waals surface area contributed by atoms with Crippen LogP contribution in [-0.2, 0) is 0 Å². The lowest BCUT2D eigenvalue weighted by Gasteiger charge is -2.41. The van der Waals surface area contributed by atoms with Crippen LogP contribution < -0.4 is 5.32 Å². The standard InChI is InChI=1S/C11H23NO2/c1-8(2)10(13)12-11(14)7-5-4-6-9(11)3/h8-10,12-14H,4-7H2,1-3H3. The summed E-state index contributed by atoms with van der Waals surface area (Å²) >= 11 is 0. The average Bonchev–Trinajstić information content (AvgIpc) is 2.10. The Hall–Kier alpha value is -0.120. The smallest absolute Gasteiger partial charge is 0.120 e. The number of aliphatic hydroxyl groups is 2. The molecule has 14 heavy (non-hydrogen) atoms. The molecule has 0 saturated heterocycles. The molecule has 0 aromatic rings. The van der Waals surface area contributed by atoms with Crippen LogP contribution in [-0.4, -0.2) is 22.2 Å². The molecule has 0 bridgehead atoms. The number of aliphatic hydroxyl groups excluding tert-OH is 1. The van der Waals surface area contributed by atoms with Gasteiger partial charge in [-0.05, 0) is 31.1 Å². The molecule has 0 aliphatic heterocycles. The molecule has 1 aliphatic rings. The Morgan fingerprint density at radius 3 is 2.50 bits per heavy atom. The molecule has 1 aliphatic carbocycles. The van der Waals surface area contributed by atoms with E-state index >= 15 is 0 Å². The second-order valence-corrected chi connectivity index (χ2v) is 4.90. The second kappa shape index (κ2) is 4.60. The van der Waals surface area contributed by atoms with Gasteiger partial charge in [-0.25, -0.2) is 0 Å². The van der Waals surface area contributed by atoms with Gasteiger partial charge in [0.1, 0.15) is 12.0 Å². The summed E-state index contributed by atoms with van der Waals surface area (Å²) < 4.78 is 0. The molecule has 1 saturated carbocycles. The first-order chi connectivity index (χ1) is 6.46. The minimum atomic E-state index is -0.859. The lowest BCUT2D eigenvalue weighted by atomic mass is 9.82. The van der Waals surface area contributed by atoms with Crippen molar-refractivity contribution in [1.82, 2.24) is 5.32 Å². The predicted octanol–water partition coefficient (Wildman–Crippen LogP) is 1.45. The van der Waals surface area contributed by atoms with E-state index in [1.807, 2.05) is 20.8 Å². The molecule has 0 heterocycles. The summed E-state index contributed by atoms with van der Waals surface area (Å²) in [5.41, 5.74) is -0.859. The number of nitrogens with one attached hydrogen (secondary N) is 1. The van der Waals surface area contributed by atoms with Gasteiger partial charge in [-0.2, -0.15) is 0 Å². The van der Waals surface area contributed by atoms with Crippen LogP contribution in [0.5, 0.6) is 0 Å². The van der Waals surface area contributed by atoms with E-state index in [1.165, 1.54) is 6.42 Å². The summed E-state index contributed by atoms with van der Waals surface area (Å²) in [6.45, 7) is 5.92. The monoisotopic (exact) mass is 201 g/mol. The van der Waals surface area contributed by atoms with Gasteiger partial charge >= 0.3 is 0 Å².